The standard InChI is InChI=1S/C15H12F4N2O2/c16-12-5-1-3-10(7-12)13(22)21-8-11-4-2-6-20-14(11)23-9-15(17,18)19/h1-7H,8-9H2,(H,21,22). The second-order valence-electron chi connectivity index (χ2n) is 4.56. The Hall–Kier alpha value is -2.64. The molecule has 0 aliphatic heterocycles. The highest BCUT2D eigenvalue weighted by atomic mass is 19.4. The number of pyridine rings is 1. The number of nitrogens with zero attached hydrogens (tertiary/aromatic N) is 1. The van der Waals surface area contributed by atoms with E-state index in [1.807, 2.05) is 0 Å². The molecule has 23 heavy (non-hydrogen) atoms. The Kier molecular flexibility index (Phi) is 5.15. The number of benzene rings is 1. The molecule has 1 amide bonds. The average Bonchev–Trinajstić information content (AvgIpc) is 2.50. The maximum Gasteiger partial charge on any atom is 0.422 e. The number of aromatic nitrogens is 1. The molecule has 8 heteroatoms. The summed E-state index contributed by atoms with van der Waals surface area (Å²) in [5, 5.41) is 2.47. The molecule has 1 aromatic heterocycles. The van der Waals surface area contributed by atoms with Crippen LogP contribution in [0.4, 0.5) is 17.6 Å². The summed E-state index contributed by atoms with van der Waals surface area (Å²) in [5.74, 6) is -1.34. The van der Waals surface area contributed by atoms with Crippen molar-refractivity contribution in [2.24, 2.45) is 0 Å². The van der Waals surface area contributed by atoms with Crippen LogP contribution in [0.2, 0.25) is 0 Å². The van der Waals surface area contributed by atoms with Crippen molar-refractivity contribution < 1.29 is 27.1 Å². The first kappa shape index (κ1) is 16.7. The second kappa shape index (κ2) is 7.08. The third kappa shape index (κ3) is 5.24. The van der Waals surface area contributed by atoms with Gasteiger partial charge in [-0.2, -0.15) is 13.2 Å². The van der Waals surface area contributed by atoms with Crippen molar-refractivity contribution in [1.29, 1.82) is 0 Å². The van der Waals surface area contributed by atoms with Crippen molar-refractivity contribution in [3.05, 3.63) is 59.5 Å². The second-order valence-corrected chi connectivity index (χ2v) is 4.56. The lowest BCUT2D eigenvalue weighted by atomic mass is 10.2. The highest BCUT2D eigenvalue weighted by Crippen LogP contribution is 2.20. The summed E-state index contributed by atoms with van der Waals surface area (Å²) >= 11 is 0. The fourth-order valence-corrected chi connectivity index (χ4v) is 1.75. The van der Waals surface area contributed by atoms with Gasteiger partial charge in [-0.25, -0.2) is 9.37 Å². The van der Waals surface area contributed by atoms with E-state index in [0.717, 1.165) is 6.07 Å². The first-order valence-corrected chi connectivity index (χ1v) is 6.52. The molecular weight excluding hydrogens is 316 g/mol. The Balaban J connectivity index is 2.01. The third-order valence-electron chi connectivity index (χ3n) is 2.75. The fraction of sp³-hybridized carbons (Fsp3) is 0.200. The van der Waals surface area contributed by atoms with E-state index in [2.05, 4.69) is 15.0 Å². The zero-order chi connectivity index (χ0) is 16.9. The lowest BCUT2D eigenvalue weighted by Crippen LogP contribution is -2.24. The number of hydrogen-bond acceptors (Lipinski definition) is 3. The van der Waals surface area contributed by atoms with Crippen LogP contribution in [-0.2, 0) is 6.54 Å². The molecule has 1 aromatic carbocycles. The van der Waals surface area contributed by atoms with Crippen molar-refractivity contribution in [3.63, 3.8) is 0 Å². The minimum atomic E-state index is -4.49. The summed E-state index contributed by atoms with van der Waals surface area (Å²) in [7, 11) is 0. The van der Waals surface area contributed by atoms with Crippen LogP contribution in [0.5, 0.6) is 5.88 Å². The van der Waals surface area contributed by atoms with Gasteiger partial charge in [0.15, 0.2) is 6.61 Å². The molecule has 2 rings (SSSR count). The molecule has 0 atom stereocenters. The number of carbonyl (C=O) groups is 1. The predicted octanol–water partition coefficient (Wildman–Crippen LogP) is 3.09. The maximum atomic E-state index is 13.1. The molecule has 0 saturated heterocycles. The zero-order valence-electron chi connectivity index (χ0n) is 11.7. The van der Waals surface area contributed by atoms with Gasteiger partial charge in [-0.15, -0.1) is 0 Å². The van der Waals surface area contributed by atoms with Crippen molar-refractivity contribution in [2.45, 2.75) is 12.7 Å². The van der Waals surface area contributed by atoms with Crippen LogP contribution in [0.3, 0.4) is 0 Å². The monoisotopic (exact) mass is 328 g/mol. The highest BCUT2D eigenvalue weighted by Gasteiger charge is 2.29. The summed E-state index contributed by atoms with van der Waals surface area (Å²) < 4.78 is 54.2. The highest BCUT2D eigenvalue weighted by molar-refractivity contribution is 5.94. The molecular formula is C15H12F4N2O2. The normalized spacial score (nSPS) is 11.1. The van der Waals surface area contributed by atoms with E-state index in [4.69, 9.17) is 0 Å². The number of carbonyl (C=O) groups excluding carboxylic acids is 1. The smallest absolute Gasteiger partial charge is 0.422 e. The molecule has 0 radical (unpaired) electrons. The van der Waals surface area contributed by atoms with Gasteiger partial charge in [0.05, 0.1) is 0 Å². The van der Waals surface area contributed by atoms with Gasteiger partial charge in [-0.1, -0.05) is 12.1 Å². The number of halogens is 4. The molecule has 0 spiro atoms. The molecule has 0 unspecified atom stereocenters. The van der Waals surface area contributed by atoms with Crippen LogP contribution in [0.25, 0.3) is 0 Å². The van der Waals surface area contributed by atoms with Gasteiger partial charge in [0.1, 0.15) is 5.82 Å². The Morgan fingerprint density at radius 3 is 2.70 bits per heavy atom. The summed E-state index contributed by atoms with van der Waals surface area (Å²) in [4.78, 5) is 15.6. The molecule has 0 aliphatic rings. The topological polar surface area (TPSA) is 51.2 Å². The number of amides is 1. The number of ether oxygens (including phenoxy) is 1. The van der Waals surface area contributed by atoms with Gasteiger partial charge in [-0.3, -0.25) is 4.79 Å². The summed E-state index contributed by atoms with van der Waals surface area (Å²) in [6.07, 6.45) is -3.21. The first-order valence-electron chi connectivity index (χ1n) is 6.52. The molecule has 4 nitrogen and oxygen atoms in total. The van der Waals surface area contributed by atoms with Crippen LogP contribution < -0.4 is 10.1 Å². The molecule has 2 aromatic rings. The van der Waals surface area contributed by atoms with E-state index < -0.39 is 24.5 Å². The van der Waals surface area contributed by atoms with Crippen molar-refractivity contribution in [3.8, 4) is 5.88 Å². The van der Waals surface area contributed by atoms with Crippen LogP contribution >= 0.6 is 0 Å². The first-order chi connectivity index (χ1) is 10.8. The lowest BCUT2D eigenvalue weighted by Gasteiger charge is -2.12. The van der Waals surface area contributed by atoms with E-state index in [-0.39, 0.29) is 23.6 Å². The van der Waals surface area contributed by atoms with Crippen LogP contribution in [0, 0.1) is 5.82 Å². The van der Waals surface area contributed by atoms with Crippen molar-refractivity contribution in [2.75, 3.05) is 6.61 Å². The molecule has 0 saturated carbocycles. The number of rotatable bonds is 5. The van der Waals surface area contributed by atoms with Gasteiger partial charge in [0.25, 0.3) is 5.91 Å². The Morgan fingerprint density at radius 2 is 2.00 bits per heavy atom. The molecule has 0 aliphatic carbocycles. The summed E-state index contributed by atoms with van der Waals surface area (Å²) in [6, 6.07) is 8.03. The molecule has 122 valence electrons. The average molecular weight is 328 g/mol. The predicted molar refractivity (Wildman–Crippen MR) is 73.4 cm³/mol. The van der Waals surface area contributed by atoms with Gasteiger partial charge in [0.2, 0.25) is 5.88 Å². The van der Waals surface area contributed by atoms with Crippen molar-refractivity contribution in [1.82, 2.24) is 10.3 Å². The lowest BCUT2D eigenvalue weighted by molar-refractivity contribution is -0.154. The molecule has 1 heterocycles. The fourth-order valence-electron chi connectivity index (χ4n) is 1.75. The molecule has 0 fully saturated rings. The van der Waals surface area contributed by atoms with E-state index in [0.29, 0.717) is 0 Å². The minimum absolute atomic E-state index is 0.101. The maximum absolute atomic E-state index is 13.1. The van der Waals surface area contributed by atoms with Gasteiger partial charge >= 0.3 is 6.18 Å². The SMILES string of the molecule is O=C(NCc1cccnc1OCC(F)(F)F)c1cccc(F)c1. The van der Waals surface area contributed by atoms with E-state index in [9.17, 15) is 22.4 Å². The van der Waals surface area contributed by atoms with E-state index in [1.165, 1.54) is 36.5 Å². The minimum Gasteiger partial charge on any atom is -0.468 e. The zero-order valence-corrected chi connectivity index (χ0v) is 11.7. The van der Waals surface area contributed by atoms with E-state index in [1.54, 1.807) is 0 Å². The van der Waals surface area contributed by atoms with Gasteiger partial charge in [0, 0.05) is 23.9 Å². The largest absolute Gasteiger partial charge is 0.468 e. The van der Waals surface area contributed by atoms with Crippen LogP contribution in [0.1, 0.15) is 15.9 Å². The quantitative estimate of drug-likeness (QED) is 0.858. The Bertz CT molecular complexity index is 689. The number of alkyl halides is 3. The number of hydrogen-bond donors (Lipinski definition) is 1. The van der Waals surface area contributed by atoms with Crippen LogP contribution in [-0.4, -0.2) is 23.7 Å². The Labute approximate surface area is 129 Å². The summed E-state index contributed by atoms with van der Waals surface area (Å²) in [6.45, 7) is -1.58. The Morgan fingerprint density at radius 1 is 1.22 bits per heavy atom. The van der Waals surface area contributed by atoms with Crippen molar-refractivity contribution >= 4 is 5.91 Å². The molecule has 0 bridgehead atoms. The van der Waals surface area contributed by atoms with Crippen LogP contribution in [0.15, 0.2) is 42.6 Å². The third-order valence-corrected chi connectivity index (χ3v) is 2.75. The van der Waals surface area contributed by atoms with Gasteiger partial charge in [-0.05, 0) is 24.3 Å². The molecule has 1 N–H and O–H groups in total. The van der Waals surface area contributed by atoms with E-state index >= 15 is 0 Å². The van der Waals surface area contributed by atoms with Gasteiger partial charge < -0.3 is 10.1 Å². The number of nitrogens with one attached hydrogen (secondary N) is 1. The summed E-state index contributed by atoms with van der Waals surface area (Å²) in [5.41, 5.74) is 0.383.